The molecule has 2 aromatic carbocycles. The van der Waals surface area contributed by atoms with Gasteiger partial charge in [0, 0.05) is 26.2 Å². The van der Waals surface area contributed by atoms with Gasteiger partial charge in [0.1, 0.15) is 0 Å². The number of hydrogen-bond acceptors (Lipinski definition) is 2. The summed E-state index contributed by atoms with van der Waals surface area (Å²) in [7, 11) is 0. The van der Waals surface area contributed by atoms with Crippen LogP contribution >= 0.6 is 46.4 Å². The maximum atomic E-state index is 12.7. The van der Waals surface area contributed by atoms with Crippen LogP contribution in [0.25, 0.3) is 0 Å². The van der Waals surface area contributed by atoms with E-state index in [0.717, 1.165) is 17.5 Å². The molecule has 0 bridgehead atoms. The van der Waals surface area contributed by atoms with Gasteiger partial charge in [-0.15, -0.1) is 0 Å². The monoisotopic (exact) mass is 472 g/mol. The molecule has 0 radical (unpaired) electrons. The molecule has 0 N–H and O–H groups in total. The maximum absolute atomic E-state index is 12.7. The minimum Gasteiger partial charge on any atom is -0.341 e. The first-order valence-corrected chi connectivity index (χ1v) is 10.8. The molecule has 2 amide bonds. The van der Waals surface area contributed by atoms with Crippen LogP contribution in [0.3, 0.4) is 0 Å². The highest BCUT2D eigenvalue weighted by Gasteiger charge is 2.22. The third kappa shape index (κ3) is 6.02. The van der Waals surface area contributed by atoms with Crippen LogP contribution in [0.2, 0.25) is 20.1 Å². The van der Waals surface area contributed by atoms with Gasteiger partial charge in [-0.1, -0.05) is 58.5 Å². The number of carbonyl (C=O) groups is 2. The average molecular weight is 474 g/mol. The summed E-state index contributed by atoms with van der Waals surface area (Å²) in [6.45, 7) is 2.26. The van der Waals surface area contributed by atoms with Crippen molar-refractivity contribution in [3.8, 4) is 0 Å². The fourth-order valence-corrected chi connectivity index (χ4v) is 3.93. The smallest absolute Gasteiger partial charge is 0.227 e. The third-order valence-corrected chi connectivity index (χ3v) is 6.36. The second-order valence-electron chi connectivity index (χ2n) is 6.97. The highest BCUT2D eigenvalue weighted by Crippen LogP contribution is 2.24. The van der Waals surface area contributed by atoms with Gasteiger partial charge >= 0.3 is 0 Å². The zero-order valence-corrected chi connectivity index (χ0v) is 18.7. The highest BCUT2D eigenvalue weighted by atomic mass is 35.5. The lowest BCUT2D eigenvalue weighted by molar-refractivity contribution is -0.132. The lowest BCUT2D eigenvalue weighted by Crippen LogP contribution is -2.38. The Hall–Kier alpha value is -1.46. The molecule has 0 atom stereocenters. The number of amides is 2. The van der Waals surface area contributed by atoms with Crippen molar-refractivity contribution < 1.29 is 9.59 Å². The first-order chi connectivity index (χ1) is 13.8. The van der Waals surface area contributed by atoms with Crippen molar-refractivity contribution in [2.75, 3.05) is 26.2 Å². The topological polar surface area (TPSA) is 40.6 Å². The predicted octanol–water partition coefficient (Wildman–Crippen LogP) is 5.15. The molecule has 1 aliphatic rings. The first kappa shape index (κ1) is 22.2. The van der Waals surface area contributed by atoms with E-state index in [2.05, 4.69) is 0 Å². The summed E-state index contributed by atoms with van der Waals surface area (Å²) in [4.78, 5) is 28.9. The van der Waals surface area contributed by atoms with Crippen LogP contribution < -0.4 is 0 Å². The molecule has 3 rings (SSSR count). The summed E-state index contributed by atoms with van der Waals surface area (Å²) < 4.78 is 0. The van der Waals surface area contributed by atoms with Crippen molar-refractivity contribution in [2.45, 2.75) is 19.3 Å². The van der Waals surface area contributed by atoms with Gasteiger partial charge in [-0.3, -0.25) is 9.59 Å². The van der Waals surface area contributed by atoms with Gasteiger partial charge in [-0.05, 0) is 41.8 Å². The van der Waals surface area contributed by atoms with Gasteiger partial charge in [0.05, 0.1) is 32.9 Å². The molecule has 0 aliphatic carbocycles. The number of benzene rings is 2. The summed E-state index contributed by atoms with van der Waals surface area (Å²) in [6, 6.07) is 10.4. The minimum absolute atomic E-state index is 0.0159. The molecule has 8 heteroatoms. The van der Waals surface area contributed by atoms with E-state index in [4.69, 9.17) is 46.4 Å². The van der Waals surface area contributed by atoms with E-state index in [1.807, 2.05) is 0 Å². The summed E-state index contributed by atoms with van der Waals surface area (Å²) in [5.74, 6) is 0.0318. The van der Waals surface area contributed by atoms with Crippen LogP contribution in [0, 0.1) is 0 Å². The van der Waals surface area contributed by atoms with E-state index in [1.165, 1.54) is 0 Å². The second kappa shape index (κ2) is 10.0. The molecule has 0 unspecified atom stereocenters. The molecule has 1 fully saturated rings. The Labute approximate surface area is 190 Å². The lowest BCUT2D eigenvalue weighted by atomic mass is 10.1. The summed E-state index contributed by atoms with van der Waals surface area (Å²) in [6.07, 6.45) is 1.25. The highest BCUT2D eigenvalue weighted by molar-refractivity contribution is 6.42. The van der Waals surface area contributed by atoms with Gasteiger partial charge < -0.3 is 9.80 Å². The van der Waals surface area contributed by atoms with Gasteiger partial charge in [0.15, 0.2) is 0 Å². The molecule has 154 valence electrons. The normalized spacial score (nSPS) is 14.6. The van der Waals surface area contributed by atoms with E-state index in [9.17, 15) is 9.59 Å². The quantitative estimate of drug-likeness (QED) is 0.616. The molecule has 1 aliphatic heterocycles. The summed E-state index contributed by atoms with van der Waals surface area (Å²) in [5.41, 5.74) is 1.64. The fourth-order valence-electron chi connectivity index (χ4n) is 3.29. The zero-order valence-electron chi connectivity index (χ0n) is 15.6. The largest absolute Gasteiger partial charge is 0.341 e. The minimum atomic E-state index is 0.0159. The zero-order chi connectivity index (χ0) is 21.0. The molecule has 29 heavy (non-hydrogen) atoms. The summed E-state index contributed by atoms with van der Waals surface area (Å²) >= 11 is 23.9. The Balaban J connectivity index is 1.56. The Bertz CT molecular complexity index is 846. The van der Waals surface area contributed by atoms with Crippen LogP contribution in [0.5, 0.6) is 0 Å². The van der Waals surface area contributed by atoms with Crippen LogP contribution in [0.4, 0.5) is 0 Å². The van der Waals surface area contributed by atoms with Crippen LogP contribution in [-0.4, -0.2) is 47.8 Å². The Morgan fingerprint density at radius 3 is 1.45 bits per heavy atom. The van der Waals surface area contributed by atoms with Crippen LogP contribution in [0.1, 0.15) is 17.5 Å². The van der Waals surface area contributed by atoms with E-state index in [0.29, 0.717) is 46.3 Å². The Morgan fingerprint density at radius 2 is 1.07 bits per heavy atom. The molecular weight excluding hydrogens is 454 g/mol. The van der Waals surface area contributed by atoms with E-state index < -0.39 is 0 Å². The number of rotatable bonds is 4. The molecule has 0 spiro atoms. The van der Waals surface area contributed by atoms with Gasteiger partial charge in [0.2, 0.25) is 11.8 Å². The molecule has 2 aromatic rings. The third-order valence-electron chi connectivity index (χ3n) is 4.88. The van der Waals surface area contributed by atoms with Gasteiger partial charge in [-0.25, -0.2) is 0 Å². The van der Waals surface area contributed by atoms with Crippen molar-refractivity contribution in [2.24, 2.45) is 0 Å². The van der Waals surface area contributed by atoms with Crippen molar-refractivity contribution in [1.29, 1.82) is 0 Å². The summed E-state index contributed by atoms with van der Waals surface area (Å²) in [5, 5.41) is 1.81. The number of nitrogens with zero attached hydrogens (tertiary/aromatic N) is 2. The molecular formula is C21H20Cl4N2O2. The van der Waals surface area contributed by atoms with Gasteiger partial charge in [-0.2, -0.15) is 0 Å². The van der Waals surface area contributed by atoms with Crippen LogP contribution in [0.15, 0.2) is 36.4 Å². The van der Waals surface area contributed by atoms with Crippen molar-refractivity contribution in [3.05, 3.63) is 67.6 Å². The maximum Gasteiger partial charge on any atom is 0.227 e. The molecule has 4 nitrogen and oxygen atoms in total. The van der Waals surface area contributed by atoms with E-state index >= 15 is 0 Å². The van der Waals surface area contributed by atoms with Gasteiger partial charge in [0.25, 0.3) is 0 Å². The molecule has 0 aromatic heterocycles. The number of hydrogen-bond donors (Lipinski definition) is 0. The lowest BCUT2D eigenvalue weighted by Gasteiger charge is -2.22. The number of halogens is 4. The molecule has 1 saturated heterocycles. The van der Waals surface area contributed by atoms with E-state index in [-0.39, 0.29) is 24.7 Å². The van der Waals surface area contributed by atoms with E-state index in [1.54, 1.807) is 46.2 Å². The Morgan fingerprint density at radius 1 is 0.655 bits per heavy atom. The molecule has 1 heterocycles. The standard InChI is InChI=1S/C21H20Cl4N2O2/c22-16-4-2-14(10-18(16)24)12-20(28)26-6-1-7-27(9-8-26)21(29)13-15-3-5-17(23)19(25)11-15/h2-5,10-11H,1,6-9,12-13H2. The Kier molecular flexibility index (Phi) is 7.69. The SMILES string of the molecule is O=C(Cc1ccc(Cl)c(Cl)c1)N1CCCN(C(=O)Cc2ccc(Cl)c(Cl)c2)CC1. The second-order valence-corrected chi connectivity index (χ2v) is 8.59. The average Bonchev–Trinajstić information content (AvgIpc) is 2.94. The van der Waals surface area contributed by atoms with Crippen molar-refractivity contribution in [3.63, 3.8) is 0 Å². The van der Waals surface area contributed by atoms with Crippen LogP contribution in [-0.2, 0) is 22.4 Å². The predicted molar refractivity (Wildman–Crippen MR) is 118 cm³/mol. The van der Waals surface area contributed by atoms with Crippen molar-refractivity contribution in [1.82, 2.24) is 9.80 Å². The molecule has 0 saturated carbocycles. The fraction of sp³-hybridized carbons (Fsp3) is 0.333. The first-order valence-electron chi connectivity index (χ1n) is 9.27. The van der Waals surface area contributed by atoms with Crippen molar-refractivity contribution >= 4 is 58.2 Å². The number of carbonyl (C=O) groups excluding carboxylic acids is 2.